The van der Waals surface area contributed by atoms with Crippen molar-refractivity contribution in [2.45, 2.75) is 18.8 Å². The molecule has 0 radical (unpaired) electrons. The summed E-state index contributed by atoms with van der Waals surface area (Å²) in [5.41, 5.74) is 2.52. The zero-order valence-corrected chi connectivity index (χ0v) is 17.9. The molecule has 32 heavy (non-hydrogen) atoms. The highest BCUT2D eigenvalue weighted by molar-refractivity contribution is 5.93. The van der Waals surface area contributed by atoms with Crippen molar-refractivity contribution in [1.82, 2.24) is 15.0 Å². The summed E-state index contributed by atoms with van der Waals surface area (Å²) in [6.07, 6.45) is 1.78. The molecule has 8 heteroatoms. The average Bonchev–Trinajstić information content (AvgIpc) is 3.51. The Morgan fingerprint density at radius 2 is 2.00 bits per heavy atom. The van der Waals surface area contributed by atoms with Crippen molar-refractivity contribution in [3.8, 4) is 22.8 Å². The van der Waals surface area contributed by atoms with Gasteiger partial charge in [-0.1, -0.05) is 17.3 Å². The van der Waals surface area contributed by atoms with Crippen molar-refractivity contribution in [2.24, 2.45) is 0 Å². The van der Waals surface area contributed by atoms with Crippen molar-refractivity contribution in [3.05, 3.63) is 60.1 Å². The van der Waals surface area contributed by atoms with Crippen LogP contribution in [0.2, 0.25) is 0 Å². The summed E-state index contributed by atoms with van der Waals surface area (Å²) >= 11 is 0. The third-order valence-corrected chi connectivity index (χ3v) is 5.77. The normalized spacial score (nSPS) is 16.3. The van der Waals surface area contributed by atoms with E-state index in [4.69, 9.17) is 18.4 Å². The van der Waals surface area contributed by atoms with Crippen LogP contribution in [0.25, 0.3) is 22.4 Å². The van der Waals surface area contributed by atoms with Crippen molar-refractivity contribution in [3.63, 3.8) is 0 Å². The Kier molecular flexibility index (Phi) is 5.26. The molecule has 164 valence electrons. The monoisotopic (exact) mass is 433 g/mol. The highest BCUT2D eigenvalue weighted by Crippen LogP contribution is 2.34. The second kappa shape index (κ2) is 8.37. The van der Waals surface area contributed by atoms with Gasteiger partial charge < -0.3 is 23.3 Å². The van der Waals surface area contributed by atoms with Gasteiger partial charge in [-0.15, -0.1) is 0 Å². The minimum atomic E-state index is -0.178. The highest BCUT2D eigenvalue weighted by Gasteiger charge is 2.30. The van der Waals surface area contributed by atoms with Crippen LogP contribution in [-0.4, -0.2) is 48.3 Å². The van der Waals surface area contributed by atoms with E-state index >= 15 is 0 Å². The number of para-hydroxylation sites is 2. The predicted octanol–water partition coefficient (Wildman–Crippen LogP) is 4.52. The average molecular weight is 433 g/mol. The van der Waals surface area contributed by atoms with Gasteiger partial charge in [-0.3, -0.25) is 4.79 Å². The molecule has 0 aliphatic carbocycles. The van der Waals surface area contributed by atoms with Gasteiger partial charge in [-0.2, -0.15) is 0 Å². The predicted molar refractivity (Wildman–Crippen MR) is 117 cm³/mol. The first-order valence-corrected chi connectivity index (χ1v) is 10.5. The minimum Gasteiger partial charge on any atom is -0.497 e. The fourth-order valence-electron chi connectivity index (χ4n) is 4.10. The summed E-state index contributed by atoms with van der Waals surface area (Å²) in [7, 11) is 3.16. The molecule has 5 rings (SSSR count). The molecule has 1 amide bonds. The number of benzene rings is 2. The Hall–Kier alpha value is -3.81. The molecule has 8 nitrogen and oxygen atoms in total. The fourth-order valence-corrected chi connectivity index (χ4v) is 4.10. The number of hydrogen-bond donors (Lipinski definition) is 0. The van der Waals surface area contributed by atoms with Crippen LogP contribution < -0.4 is 9.47 Å². The van der Waals surface area contributed by atoms with Crippen LogP contribution >= 0.6 is 0 Å². The first-order chi connectivity index (χ1) is 15.7. The molecule has 1 atom stereocenters. The van der Waals surface area contributed by atoms with Crippen LogP contribution in [-0.2, 0) is 0 Å². The van der Waals surface area contributed by atoms with Crippen molar-refractivity contribution in [2.75, 3.05) is 27.3 Å². The lowest BCUT2D eigenvalue weighted by molar-refractivity contribution is 0.0688. The van der Waals surface area contributed by atoms with Gasteiger partial charge in [0.2, 0.25) is 0 Å². The second-order valence-corrected chi connectivity index (χ2v) is 7.75. The first kappa shape index (κ1) is 20.1. The first-order valence-electron chi connectivity index (χ1n) is 10.5. The van der Waals surface area contributed by atoms with Gasteiger partial charge in [0.05, 0.1) is 25.7 Å². The van der Waals surface area contributed by atoms with Crippen LogP contribution in [0.15, 0.2) is 57.5 Å². The van der Waals surface area contributed by atoms with Gasteiger partial charge in [0.15, 0.2) is 22.9 Å². The molecule has 4 aromatic rings. The molecule has 1 aliphatic heterocycles. The lowest BCUT2D eigenvalue weighted by Gasteiger charge is -2.30. The van der Waals surface area contributed by atoms with E-state index in [1.165, 1.54) is 0 Å². The van der Waals surface area contributed by atoms with E-state index in [-0.39, 0.29) is 17.5 Å². The van der Waals surface area contributed by atoms with Crippen LogP contribution in [0.5, 0.6) is 11.5 Å². The Morgan fingerprint density at radius 3 is 2.81 bits per heavy atom. The van der Waals surface area contributed by atoms with Crippen LogP contribution in [0, 0.1) is 0 Å². The Bertz CT molecular complexity index is 1230. The number of ether oxygens (including phenoxy) is 2. The standard InChI is InChI=1S/C24H23N3O5/c1-29-16-9-10-20(30-2)17(12-16)22-13-19(26-32-22)24(28)27-11-5-6-15(14-27)23-25-18-7-3-4-8-21(18)31-23/h3-4,7-10,12-13,15H,5-6,11,14H2,1-2H3. The number of nitrogens with zero attached hydrogens (tertiary/aromatic N) is 3. The molecule has 0 spiro atoms. The molecule has 0 saturated carbocycles. The number of oxazole rings is 1. The molecule has 1 aliphatic rings. The summed E-state index contributed by atoms with van der Waals surface area (Å²) in [5, 5.41) is 4.03. The van der Waals surface area contributed by atoms with E-state index < -0.39 is 0 Å². The number of fused-ring (bicyclic) bond motifs is 1. The molecular weight excluding hydrogens is 410 g/mol. The number of piperidine rings is 1. The van der Waals surface area contributed by atoms with E-state index in [9.17, 15) is 4.79 Å². The zero-order chi connectivity index (χ0) is 22.1. The van der Waals surface area contributed by atoms with Gasteiger partial charge in [-0.25, -0.2) is 4.98 Å². The van der Waals surface area contributed by atoms with Gasteiger partial charge in [0.25, 0.3) is 5.91 Å². The molecule has 1 saturated heterocycles. The van der Waals surface area contributed by atoms with Crippen LogP contribution in [0.1, 0.15) is 35.1 Å². The van der Waals surface area contributed by atoms with Crippen LogP contribution in [0.4, 0.5) is 0 Å². The van der Waals surface area contributed by atoms with E-state index in [1.54, 1.807) is 43.4 Å². The maximum atomic E-state index is 13.2. The fraction of sp³-hybridized carbons (Fsp3) is 0.292. The molecule has 2 aromatic heterocycles. The minimum absolute atomic E-state index is 0.0462. The SMILES string of the molecule is COc1ccc(OC)c(-c2cc(C(=O)N3CCCC(c4nc5ccccc5o4)C3)no2)c1. The number of hydrogen-bond acceptors (Lipinski definition) is 7. The maximum Gasteiger partial charge on any atom is 0.276 e. The Morgan fingerprint density at radius 1 is 1.12 bits per heavy atom. The van der Waals surface area contributed by atoms with E-state index in [1.807, 2.05) is 24.3 Å². The molecule has 3 heterocycles. The summed E-state index contributed by atoms with van der Waals surface area (Å²) in [4.78, 5) is 19.6. The van der Waals surface area contributed by atoms with Crippen molar-refractivity contribution < 1.29 is 23.2 Å². The zero-order valence-electron chi connectivity index (χ0n) is 17.9. The Balaban J connectivity index is 1.36. The van der Waals surface area contributed by atoms with Crippen molar-refractivity contribution in [1.29, 1.82) is 0 Å². The lowest BCUT2D eigenvalue weighted by Crippen LogP contribution is -2.39. The van der Waals surface area contributed by atoms with Crippen molar-refractivity contribution >= 4 is 17.0 Å². The number of amides is 1. The third-order valence-electron chi connectivity index (χ3n) is 5.77. The van der Waals surface area contributed by atoms with Gasteiger partial charge in [-0.05, 0) is 43.2 Å². The van der Waals surface area contributed by atoms with E-state index in [2.05, 4.69) is 10.1 Å². The molecule has 0 N–H and O–H groups in total. The third kappa shape index (κ3) is 3.68. The number of methoxy groups -OCH3 is 2. The smallest absolute Gasteiger partial charge is 0.276 e. The van der Waals surface area contributed by atoms with Gasteiger partial charge in [0.1, 0.15) is 17.0 Å². The summed E-state index contributed by atoms with van der Waals surface area (Å²) < 4.78 is 22.1. The molecular formula is C24H23N3O5. The molecule has 1 fully saturated rings. The summed E-state index contributed by atoms with van der Waals surface area (Å²) in [6, 6.07) is 14.7. The topological polar surface area (TPSA) is 90.8 Å². The van der Waals surface area contributed by atoms with E-state index in [0.29, 0.717) is 41.8 Å². The largest absolute Gasteiger partial charge is 0.497 e. The summed E-state index contributed by atoms with van der Waals surface area (Å²) in [6.45, 7) is 1.18. The lowest BCUT2D eigenvalue weighted by atomic mass is 9.97. The molecule has 0 bridgehead atoms. The maximum absolute atomic E-state index is 13.2. The van der Waals surface area contributed by atoms with E-state index in [0.717, 1.165) is 23.9 Å². The highest BCUT2D eigenvalue weighted by atomic mass is 16.5. The number of carbonyl (C=O) groups is 1. The number of aromatic nitrogens is 2. The van der Waals surface area contributed by atoms with Gasteiger partial charge >= 0.3 is 0 Å². The number of rotatable bonds is 5. The van der Waals surface area contributed by atoms with Gasteiger partial charge in [0, 0.05) is 19.2 Å². The quantitative estimate of drug-likeness (QED) is 0.457. The molecule has 2 aromatic carbocycles. The number of likely N-dealkylation sites (tertiary alicyclic amines) is 1. The molecule has 1 unspecified atom stereocenters. The number of carbonyl (C=O) groups excluding carboxylic acids is 1. The second-order valence-electron chi connectivity index (χ2n) is 7.75. The summed E-state index contributed by atoms with van der Waals surface area (Å²) in [5.74, 6) is 2.24. The van der Waals surface area contributed by atoms with Crippen LogP contribution in [0.3, 0.4) is 0 Å². The Labute approximate surface area is 184 Å².